The first-order valence-electron chi connectivity index (χ1n) is 7.61. The average Bonchev–Trinajstić information content (AvgIpc) is 3.14. The van der Waals surface area contributed by atoms with Crippen LogP contribution in [-0.2, 0) is 4.74 Å². The number of aromatic nitrogens is 2. The van der Waals surface area contributed by atoms with Crippen molar-refractivity contribution in [1.29, 1.82) is 0 Å². The lowest BCUT2D eigenvalue weighted by Gasteiger charge is -2.38. The zero-order chi connectivity index (χ0) is 15.9. The van der Waals surface area contributed by atoms with Crippen molar-refractivity contribution in [3.63, 3.8) is 0 Å². The summed E-state index contributed by atoms with van der Waals surface area (Å²) in [4.78, 5) is 12.6. The van der Waals surface area contributed by atoms with Crippen LogP contribution in [0.3, 0.4) is 0 Å². The van der Waals surface area contributed by atoms with E-state index in [0.29, 0.717) is 22.9 Å². The first-order valence-corrected chi connectivity index (χ1v) is 7.98. The molecule has 6 nitrogen and oxygen atoms in total. The smallest absolute Gasteiger partial charge is 0.255 e. The van der Waals surface area contributed by atoms with Gasteiger partial charge in [0.15, 0.2) is 0 Å². The molecule has 0 aliphatic carbocycles. The lowest BCUT2D eigenvalue weighted by molar-refractivity contribution is -0.0360. The molecule has 1 spiro atoms. The third-order valence-corrected chi connectivity index (χ3v) is 4.80. The van der Waals surface area contributed by atoms with Gasteiger partial charge in [-0.2, -0.15) is 5.10 Å². The fraction of sp³-hybridized carbons (Fsp3) is 0.375. The molecule has 1 aromatic heterocycles. The molecular formula is C16H17ClN4O2. The van der Waals surface area contributed by atoms with Gasteiger partial charge in [-0.05, 0) is 6.07 Å². The highest BCUT2D eigenvalue weighted by molar-refractivity contribution is 6.33. The first-order chi connectivity index (χ1) is 11.2. The van der Waals surface area contributed by atoms with Crippen LogP contribution >= 0.6 is 11.6 Å². The number of aromatic amines is 1. The van der Waals surface area contributed by atoms with E-state index in [2.05, 4.69) is 20.8 Å². The molecule has 120 valence electrons. The number of hydrogen-bond donors (Lipinski definition) is 3. The maximum Gasteiger partial charge on any atom is 0.255 e. The summed E-state index contributed by atoms with van der Waals surface area (Å²) in [6.45, 7) is 2.26. The predicted octanol–water partition coefficient (Wildman–Crippen LogP) is 1.59. The van der Waals surface area contributed by atoms with E-state index in [-0.39, 0.29) is 17.6 Å². The van der Waals surface area contributed by atoms with Crippen LogP contribution in [0.1, 0.15) is 16.8 Å². The fourth-order valence-corrected chi connectivity index (χ4v) is 3.41. The van der Waals surface area contributed by atoms with Crippen molar-refractivity contribution < 1.29 is 9.53 Å². The molecule has 0 saturated carbocycles. The zero-order valence-electron chi connectivity index (χ0n) is 12.4. The molecule has 4 rings (SSSR count). The van der Waals surface area contributed by atoms with Gasteiger partial charge in [0.25, 0.3) is 5.91 Å². The van der Waals surface area contributed by atoms with Crippen molar-refractivity contribution >= 4 is 17.5 Å². The Morgan fingerprint density at radius 1 is 1.39 bits per heavy atom. The molecule has 0 bridgehead atoms. The minimum absolute atomic E-state index is 0.0265. The molecule has 2 aliphatic heterocycles. The Hall–Kier alpha value is -1.89. The highest BCUT2D eigenvalue weighted by Crippen LogP contribution is 2.31. The minimum Gasteiger partial charge on any atom is -0.370 e. The zero-order valence-corrected chi connectivity index (χ0v) is 13.2. The van der Waals surface area contributed by atoms with Gasteiger partial charge in [0.1, 0.15) is 0 Å². The van der Waals surface area contributed by atoms with E-state index in [1.807, 2.05) is 18.2 Å². The normalized spacial score (nSPS) is 22.0. The molecule has 3 N–H and O–H groups in total. The number of rotatable bonds is 3. The quantitative estimate of drug-likeness (QED) is 0.797. The Bertz CT molecular complexity index is 741. The van der Waals surface area contributed by atoms with Crippen molar-refractivity contribution in [1.82, 2.24) is 20.8 Å². The third-order valence-electron chi connectivity index (χ3n) is 4.47. The largest absolute Gasteiger partial charge is 0.370 e. The Labute approximate surface area is 138 Å². The Morgan fingerprint density at radius 2 is 2.22 bits per heavy atom. The lowest BCUT2D eigenvalue weighted by Crippen LogP contribution is -2.59. The van der Waals surface area contributed by atoms with Gasteiger partial charge in [0.2, 0.25) is 0 Å². The maximum absolute atomic E-state index is 12.6. The van der Waals surface area contributed by atoms with Crippen LogP contribution in [0.2, 0.25) is 5.02 Å². The fourth-order valence-electron chi connectivity index (χ4n) is 3.18. The number of carbonyl (C=O) groups is 1. The van der Waals surface area contributed by atoms with Crippen molar-refractivity contribution in [3.8, 4) is 11.3 Å². The van der Waals surface area contributed by atoms with Gasteiger partial charge < -0.3 is 15.4 Å². The van der Waals surface area contributed by atoms with E-state index in [4.69, 9.17) is 16.3 Å². The van der Waals surface area contributed by atoms with Gasteiger partial charge in [0.05, 0.1) is 35.7 Å². The molecule has 2 saturated heterocycles. The number of carbonyl (C=O) groups excluding carboxylic acids is 1. The third kappa shape index (κ3) is 2.63. The number of nitrogens with one attached hydrogen (secondary N) is 3. The Morgan fingerprint density at radius 3 is 2.91 bits per heavy atom. The average molecular weight is 333 g/mol. The SMILES string of the molecule is O=C(NC1COC2(CNC2)C1)c1cn[nH]c1-c1ccccc1Cl. The van der Waals surface area contributed by atoms with Crippen molar-refractivity contribution in [3.05, 3.63) is 41.0 Å². The molecule has 23 heavy (non-hydrogen) atoms. The molecule has 2 fully saturated rings. The Kier molecular flexibility index (Phi) is 3.60. The summed E-state index contributed by atoms with van der Waals surface area (Å²) in [5.74, 6) is -0.161. The highest BCUT2D eigenvalue weighted by atomic mass is 35.5. The topological polar surface area (TPSA) is 79.0 Å². The molecule has 7 heteroatoms. The van der Waals surface area contributed by atoms with E-state index < -0.39 is 0 Å². The van der Waals surface area contributed by atoms with E-state index in [0.717, 1.165) is 25.1 Å². The highest BCUT2D eigenvalue weighted by Gasteiger charge is 2.45. The van der Waals surface area contributed by atoms with Crippen LogP contribution in [0.25, 0.3) is 11.3 Å². The standard InChI is InChI=1S/C16H17ClN4O2/c17-13-4-2-1-3-11(13)14-12(6-19-21-14)15(22)20-10-5-16(23-7-10)8-18-9-16/h1-4,6,10,18H,5,7-9H2,(H,19,21)(H,20,22). The number of amides is 1. The second-order valence-corrected chi connectivity index (χ2v) is 6.52. The van der Waals surface area contributed by atoms with Gasteiger partial charge in [-0.15, -0.1) is 0 Å². The van der Waals surface area contributed by atoms with Gasteiger partial charge >= 0.3 is 0 Å². The van der Waals surface area contributed by atoms with Gasteiger partial charge in [-0.1, -0.05) is 29.8 Å². The van der Waals surface area contributed by atoms with E-state index in [9.17, 15) is 4.79 Å². The summed E-state index contributed by atoms with van der Waals surface area (Å²) >= 11 is 6.22. The number of ether oxygens (including phenoxy) is 1. The van der Waals surface area contributed by atoms with Gasteiger partial charge in [-0.25, -0.2) is 0 Å². The van der Waals surface area contributed by atoms with Crippen LogP contribution in [0.15, 0.2) is 30.5 Å². The number of halogens is 1. The molecule has 1 atom stereocenters. The van der Waals surface area contributed by atoms with Crippen molar-refractivity contribution in [2.45, 2.75) is 18.1 Å². The maximum atomic E-state index is 12.6. The second kappa shape index (κ2) is 5.63. The summed E-state index contributed by atoms with van der Waals surface area (Å²) in [5, 5.41) is 13.7. The summed E-state index contributed by atoms with van der Waals surface area (Å²) in [6.07, 6.45) is 2.37. The summed E-state index contributed by atoms with van der Waals surface area (Å²) in [7, 11) is 0. The van der Waals surface area contributed by atoms with E-state index >= 15 is 0 Å². The summed E-state index contributed by atoms with van der Waals surface area (Å²) < 4.78 is 5.82. The monoisotopic (exact) mass is 332 g/mol. The molecule has 0 radical (unpaired) electrons. The molecule has 1 unspecified atom stereocenters. The van der Waals surface area contributed by atoms with Crippen LogP contribution < -0.4 is 10.6 Å². The number of hydrogen-bond acceptors (Lipinski definition) is 4. The van der Waals surface area contributed by atoms with Gasteiger partial charge in [-0.3, -0.25) is 9.89 Å². The van der Waals surface area contributed by atoms with Crippen LogP contribution in [0.5, 0.6) is 0 Å². The van der Waals surface area contributed by atoms with Crippen LogP contribution in [0.4, 0.5) is 0 Å². The Balaban J connectivity index is 1.52. The van der Waals surface area contributed by atoms with Crippen LogP contribution in [-0.4, -0.2) is 47.4 Å². The van der Waals surface area contributed by atoms with Gasteiger partial charge in [0, 0.05) is 30.1 Å². The second-order valence-electron chi connectivity index (χ2n) is 6.11. The molecular weight excluding hydrogens is 316 g/mol. The first kappa shape index (κ1) is 14.7. The van der Waals surface area contributed by atoms with E-state index in [1.165, 1.54) is 6.20 Å². The number of H-pyrrole nitrogens is 1. The predicted molar refractivity (Wildman–Crippen MR) is 86.5 cm³/mol. The summed E-state index contributed by atoms with van der Waals surface area (Å²) in [5.41, 5.74) is 1.80. The lowest BCUT2D eigenvalue weighted by atomic mass is 9.92. The number of benzene rings is 1. The van der Waals surface area contributed by atoms with Crippen molar-refractivity contribution in [2.75, 3.05) is 19.7 Å². The van der Waals surface area contributed by atoms with Crippen molar-refractivity contribution in [2.24, 2.45) is 0 Å². The van der Waals surface area contributed by atoms with E-state index in [1.54, 1.807) is 6.07 Å². The number of nitrogens with zero attached hydrogens (tertiary/aromatic N) is 1. The molecule has 2 aliphatic rings. The molecule has 2 aromatic rings. The summed E-state index contributed by atoms with van der Waals surface area (Å²) in [6, 6.07) is 7.41. The minimum atomic E-state index is -0.161. The molecule has 1 amide bonds. The van der Waals surface area contributed by atoms with Crippen LogP contribution in [0, 0.1) is 0 Å². The molecule has 1 aromatic carbocycles. The molecule has 3 heterocycles.